The maximum Gasteiger partial charge on any atom is 0.247 e. The van der Waals surface area contributed by atoms with Crippen molar-refractivity contribution in [2.75, 3.05) is 28.6 Å². The van der Waals surface area contributed by atoms with Crippen LogP contribution in [0.1, 0.15) is 36.9 Å². The van der Waals surface area contributed by atoms with E-state index in [4.69, 9.17) is 11.6 Å². The molecule has 11 heteroatoms. The molecule has 31 heavy (non-hydrogen) atoms. The first-order valence-corrected chi connectivity index (χ1v) is 10.2. The predicted molar refractivity (Wildman–Crippen MR) is 118 cm³/mol. The Morgan fingerprint density at radius 2 is 1.90 bits per heavy atom. The van der Waals surface area contributed by atoms with Crippen LogP contribution >= 0.6 is 11.6 Å². The van der Waals surface area contributed by atoms with E-state index in [9.17, 15) is 10.5 Å². The fraction of sp³-hybridized carbons (Fsp3) is 0.350. The van der Waals surface area contributed by atoms with Gasteiger partial charge in [0, 0.05) is 19.1 Å². The normalized spacial score (nSPS) is 15.3. The zero-order valence-corrected chi connectivity index (χ0v) is 17.5. The molecule has 2 fully saturated rings. The van der Waals surface area contributed by atoms with Crippen LogP contribution in [0.5, 0.6) is 0 Å². The summed E-state index contributed by atoms with van der Waals surface area (Å²) < 4.78 is 1.46. The van der Waals surface area contributed by atoms with Crippen LogP contribution in [-0.4, -0.2) is 38.7 Å². The second-order valence-electron chi connectivity index (χ2n) is 7.48. The van der Waals surface area contributed by atoms with Gasteiger partial charge in [0.2, 0.25) is 5.95 Å². The first-order chi connectivity index (χ1) is 14.7. The number of nitrogens with one attached hydrogen (secondary N) is 2. The maximum absolute atomic E-state index is 9.49. The van der Waals surface area contributed by atoms with Crippen LogP contribution in [0, 0.1) is 22.7 Å². The topological polar surface area (TPSA) is 153 Å². The van der Waals surface area contributed by atoms with E-state index in [2.05, 4.69) is 42.7 Å². The van der Waals surface area contributed by atoms with Crippen molar-refractivity contribution in [3.8, 4) is 12.1 Å². The average molecular weight is 437 g/mol. The largest absolute Gasteiger partial charge is 0.370 e. The SMILES string of the molecule is N.N#Cc1cc(Nc2nc(NC3CC3)c3ncc(C#N)n3n2)c(Cl)c(N2CCCC2)c1. The molecule has 158 valence electrons. The number of hydrogen-bond donors (Lipinski definition) is 3. The van der Waals surface area contributed by atoms with Crippen molar-refractivity contribution in [3.05, 3.63) is 34.6 Å². The predicted octanol–water partition coefficient (Wildman–Crippen LogP) is 3.60. The third-order valence-corrected chi connectivity index (χ3v) is 5.67. The van der Waals surface area contributed by atoms with Crippen LogP contribution in [0.25, 0.3) is 5.65 Å². The van der Waals surface area contributed by atoms with E-state index in [0.29, 0.717) is 39.5 Å². The van der Waals surface area contributed by atoms with Gasteiger partial charge >= 0.3 is 0 Å². The molecule has 1 saturated carbocycles. The van der Waals surface area contributed by atoms with Crippen molar-refractivity contribution in [2.24, 2.45) is 0 Å². The molecule has 2 aromatic heterocycles. The summed E-state index contributed by atoms with van der Waals surface area (Å²) in [5, 5.41) is 30.3. The number of imidazole rings is 1. The van der Waals surface area contributed by atoms with Gasteiger partial charge in [0.05, 0.1) is 34.2 Å². The number of rotatable bonds is 5. The van der Waals surface area contributed by atoms with Gasteiger partial charge in [-0.15, -0.1) is 5.10 Å². The summed E-state index contributed by atoms with van der Waals surface area (Å²) in [6, 6.07) is 8.14. The average Bonchev–Trinajstić information content (AvgIpc) is 3.24. The van der Waals surface area contributed by atoms with Gasteiger partial charge < -0.3 is 21.7 Å². The highest BCUT2D eigenvalue weighted by atomic mass is 35.5. The highest BCUT2D eigenvalue weighted by Crippen LogP contribution is 2.37. The molecule has 10 nitrogen and oxygen atoms in total. The standard InChI is InChI=1S/C20H18ClN9.H3N/c21-17-15(7-12(9-22)8-16(17)29-5-1-2-6-29)26-20-27-18(25-13-3-4-13)19-24-11-14(10-23)30(19)28-20;/h7-8,11,13H,1-6H2,(H2,25,26,27,28);1H3. The van der Waals surface area contributed by atoms with E-state index in [-0.39, 0.29) is 12.1 Å². The molecule has 0 radical (unpaired) electrons. The minimum Gasteiger partial charge on any atom is -0.370 e. The Morgan fingerprint density at radius 3 is 2.58 bits per heavy atom. The molecule has 0 spiro atoms. The van der Waals surface area contributed by atoms with Crippen molar-refractivity contribution >= 4 is 40.4 Å². The van der Waals surface area contributed by atoms with Crippen LogP contribution < -0.4 is 21.7 Å². The van der Waals surface area contributed by atoms with Crippen molar-refractivity contribution in [2.45, 2.75) is 31.7 Å². The maximum atomic E-state index is 9.49. The molecular formula is C20H21ClN10. The van der Waals surface area contributed by atoms with Gasteiger partial charge in [-0.05, 0) is 37.8 Å². The van der Waals surface area contributed by atoms with Gasteiger partial charge in [-0.1, -0.05) is 11.6 Å². The van der Waals surface area contributed by atoms with E-state index >= 15 is 0 Å². The van der Waals surface area contributed by atoms with Crippen LogP contribution in [0.2, 0.25) is 5.02 Å². The summed E-state index contributed by atoms with van der Waals surface area (Å²) in [7, 11) is 0. The monoisotopic (exact) mass is 436 g/mol. The van der Waals surface area contributed by atoms with Crippen molar-refractivity contribution in [3.63, 3.8) is 0 Å². The van der Waals surface area contributed by atoms with E-state index in [1.54, 1.807) is 6.07 Å². The van der Waals surface area contributed by atoms with Crippen molar-refractivity contribution < 1.29 is 0 Å². The molecule has 1 aliphatic carbocycles. The van der Waals surface area contributed by atoms with E-state index < -0.39 is 0 Å². The molecule has 5 rings (SSSR count). The Labute approximate surface area is 184 Å². The van der Waals surface area contributed by atoms with Crippen LogP contribution in [0.4, 0.5) is 23.1 Å². The first kappa shape index (κ1) is 20.7. The first-order valence-electron chi connectivity index (χ1n) is 9.84. The Hall–Kier alpha value is -3.60. The zero-order chi connectivity index (χ0) is 20.7. The minimum atomic E-state index is 0. The van der Waals surface area contributed by atoms with Gasteiger partial charge in [-0.2, -0.15) is 20.0 Å². The minimum absolute atomic E-state index is 0. The Morgan fingerprint density at radius 1 is 1.13 bits per heavy atom. The molecule has 5 N–H and O–H groups in total. The molecular weight excluding hydrogens is 416 g/mol. The molecule has 2 aliphatic rings. The quantitative estimate of drug-likeness (QED) is 0.544. The summed E-state index contributed by atoms with van der Waals surface area (Å²) in [6.07, 6.45) is 5.81. The van der Waals surface area contributed by atoms with Gasteiger partial charge in [-0.25, -0.2) is 4.98 Å². The summed E-state index contributed by atoms with van der Waals surface area (Å²) in [5.74, 6) is 0.827. The number of hydrogen-bond acceptors (Lipinski definition) is 9. The van der Waals surface area contributed by atoms with E-state index in [1.807, 2.05) is 6.07 Å². The van der Waals surface area contributed by atoms with Crippen molar-refractivity contribution in [1.29, 1.82) is 10.5 Å². The van der Waals surface area contributed by atoms with Crippen LogP contribution in [-0.2, 0) is 0 Å². The lowest BCUT2D eigenvalue weighted by Gasteiger charge is -2.21. The van der Waals surface area contributed by atoms with Crippen LogP contribution in [0.15, 0.2) is 18.3 Å². The summed E-state index contributed by atoms with van der Waals surface area (Å²) in [6.45, 7) is 1.82. The zero-order valence-electron chi connectivity index (χ0n) is 16.8. The fourth-order valence-electron chi connectivity index (χ4n) is 3.60. The molecule has 0 atom stereocenters. The highest BCUT2D eigenvalue weighted by Gasteiger charge is 2.25. The number of benzene rings is 1. The number of halogens is 1. The summed E-state index contributed by atoms with van der Waals surface area (Å²) >= 11 is 6.70. The molecule has 1 aromatic carbocycles. The smallest absolute Gasteiger partial charge is 0.247 e. The molecule has 0 amide bonds. The van der Waals surface area contributed by atoms with Crippen LogP contribution in [0.3, 0.4) is 0 Å². The Balaban J connectivity index is 0.00000231. The summed E-state index contributed by atoms with van der Waals surface area (Å²) in [5.41, 5.74) is 2.69. The second kappa shape index (κ2) is 8.26. The number of nitrogens with zero attached hydrogens (tertiary/aromatic N) is 7. The lowest BCUT2D eigenvalue weighted by Crippen LogP contribution is -2.18. The van der Waals surface area contributed by atoms with Gasteiger partial charge in [0.25, 0.3) is 0 Å². The number of anilines is 4. The Bertz CT molecular complexity index is 1210. The molecule has 3 heterocycles. The van der Waals surface area contributed by atoms with Crippen molar-refractivity contribution in [1.82, 2.24) is 25.7 Å². The fourth-order valence-corrected chi connectivity index (χ4v) is 3.88. The third kappa shape index (κ3) is 3.91. The molecule has 1 aliphatic heterocycles. The number of nitriles is 2. The number of aromatic nitrogens is 4. The second-order valence-corrected chi connectivity index (χ2v) is 7.86. The third-order valence-electron chi connectivity index (χ3n) is 5.27. The van der Waals surface area contributed by atoms with Gasteiger partial charge in [-0.3, -0.25) is 0 Å². The van der Waals surface area contributed by atoms with E-state index in [1.165, 1.54) is 10.7 Å². The van der Waals surface area contributed by atoms with Gasteiger partial charge in [0.15, 0.2) is 17.2 Å². The lowest BCUT2D eigenvalue weighted by atomic mass is 10.1. The molecule has 1 saturated heterocycles. The van der Waals surface area contributed by atoms with Gasteiger partial charge in [0.1, 0.15) is 6.07 Å². The Kier molecular flexibility index (Phi) is 5.51. The summed E-state index contributed by atoms with van der Waals surface area (Å²) in [4.78, 5) is 11.0. The lowest BCUT2D eigenvalue weighted by molar-refractivity contribution is 0.891. The number of fused-ring (bicyclic) bond motifs is 1. The molecule has 3 aromatic rings. The highest BCUT2D eigenvalue weighted by molar-refractivity contribution is 6.36. The molecule has 0 bridgehead atoms. The molecule has 0 unspecified atom stereocenters. The van der Waals surface area contributed by atoms with E-state index in [0.717, 1.165) is 44.5 Å².